The molecule has 3 rings (SSSR count). The van der Waals surface area contributed by atoms with Gasteiger partial charge in [-0.3, -0.25) is 25.8 Å². The minimum atomic E-state index is -0.390. The number of rotatable bonds is 6. The Bertz CT molecular complexity index is 1070. The van der Waals surface area contributed by atoms with Crippen LogP contribution in [0.2, 0.25) is 0 Å². The van der Waals surface area contributed by atoms with Crippen LogP contribution >= 0.6 is 12.2 Å². The molecule has 1 atom stereocenters. The molecule has 0 aliphatic rings. The zero-order chi connectivity index (χ0) is 22.9. The van der Waals surface area contributed by atoms with E-state index in [9.17, 15) is 9.59 Å². The Morgan fingerprint density at radius 3 is 2.00 bits per heavy atom. The molecule has 2 amide bonds. The summed E-state index contributed by atoms with van der Waals surface area (Å²) >= 11 is 5.10. The van der Waals surface area contributed by atoms with E-state index >= 15 is 0 Å². The molecule has 0 saturated carbocycles. The Kier molecular flexibility index (Phi) is 7.94. The number of ether oxygens (including phenoxy) is 1. The summed E-state index contributed by atoms with van der Waals surface area (Å²) in [6.07, 6.45) is 0.995. The van der Waals surface area contributed by atoms with E-state index < -0.39 is 0 Å². The van der Waals surface area contributed by atoms with Crippen LogP contribution in [-0.4, -0.2) is 23.0 Å². The molecule has 164 valence electrons. The Labute approximate surface area is 193 Å². The van der Waals surface area contributed by atoms with E-state index in [-0.39, 0.29) is 23.0 Å². The van der Waals surface area contributed by atoms with Crippen molar-refractivity contribution in [3.63, 3.8) is 0 Å². The summed E-state index contributed by atoms with van der Waals surface area (Å²) in [4.78, 5) is 24.7. The van der Waals surface area contributed by atoms with Crippen LogP contribution in [0, 0.1) is 0 Å². The molecule has 3 aromatic rings. The van der Waals surface area contributed by atoms with Gasteiger partial charge in [-0.1, -0.05) is 49.4 Å². The van der Waals surface area contributed by atoms with Crippen LogP contribution in [0.25, 0.3) is 11.1 Å². The first-order valence-corrected chi connectivity index (χ1v) is 10.7. The van der Waals surface area contributed by atoms with E-state index in [0.717, 1.165) is 17.5 Å². The smallest absolute Gasteiger partial charge is 0.269 e. The molecule has 0 aliphatic carbocycles. The van der Waals surface area contributed by atoms with Gasteiger partial charge in [0.25, 0.3) is 11.8 Å². The van der Waals surface area contributed by atoms with Crippen molar-refractivity contribution in [2.24, 2.45) is 0 Å². The highest BCUT2D eigenvalue weighted by Gasteiger charge is 2.11. The van der Waals surface area contributed by atoms with E-state index in [1.165, 1.54) is 0 Å². The summed E-state index contributed by atoms with van der Waals surface area (Å²) in [7, 11) is 0. The lowest BCUT2D eigenvalue weighted by Crippen LogP contribution is -2.48. The second-order valence-corrected chi connectivity index (χ2v) is 7.58. The Morgan fingerprint density at radius 1 is 0.812 bits per heavy atom. The van der Waals surface area contributed by atoms with Gasteiger partial charge in [-0.05, 0) is 73.1 Å². The fourth-order valence-corrected chi connectivity index (χ4v) is 2.98. The normalized spacial score (nSPS) is 11.2. The largest absolute Gasteiger partial charge is 0.491 e. The SMILES string of the molecule is CCC(C)Oc1ccc(C(=O)NC(=S)NNC(=O)c2ccc(-c3ccccc3)cc2)cc1. The minimum Gasteiger partial charge on any atom is -0.491 e. The quantitative estimate of drug-likeness (QED) is 0.384. The Hall–Kier alpha value is -3.71. The van der Waals surface area contributed by atoms with Crippen molar-refractivity contribution in [1.82, 2.24) is 16.2 Å². The summed E-state index contributed by atoms with van der Waals surface area (Å²) in [6.45, 7) is 4.02. The third kappa shape index (κ3) is 6.39. The number of hydrogen-bond donors (Lipinski definition) is 3. The number of carbonyl (C=O) groups is 2. The van der Waals surface area contributed by atoms with E-state index in [4.69, 9.17) is 17.0 Å². The number of benzene rings is 3. The molecule has 0 bridgehead atoms. The number of nitrogens with one attached hydrogen (secondary N) is 3. The molecular weight excluding hydrogens is 422 g/mol. The summed E-state index contributed by atoms with van der Waals surface area (Å²) in [5.41, 5.74) is 8.00. The molecular formula is C25H25N3O3S. The zero-order valence-electron chi connectivity index (χ0n) is 17.9. The van der Waals surface area contributed by atoms with Crippen molar-refractivity contribution in [3.8, 4) is 16.9 Å². The number of hydrogen-bond acceptors (Lipinski definition) is 4. The summed E-state index contributed by atoms with van der Waals surface area (Å²) < 4.78 is 5.70. The maximum absolute atomic E-state index is 12.3. The van der Waals surface area contributed by atoms with Crippen molar-refractivity contribution in [2.45, 2.75) is 26.4 Å². The first kappa shape index (κ1) is 23.0. The van der Waals surface area contributed by atoms with Gasteiger partial charge >= 0.3 is 0 Å². The van der Waals surface area contributed by atoms with Gasteiger partial charge in [0.05, 0.1) is 6.10 Å². The van der Waals surface area contributed by atoms with Crippen molar-refractivity contribution in [1.29, 1.82) is 0 Å². The van der Waals surface area contributed by atoms with E-state index in [0.29, 0.717) is 16.9 Å². The van der Waals surface area contributed by atoms with Gasteiger partial charge in [0.1, 0.15) is 5.75 Å². The summed E-state index contributed by atoms with van der Waals surface area (Å²) in [5, 5.41) is 2.52. The molecule has 0 spiro atoms. The number of hydrazine groups is 1. The molecule has 0 aromatic heterocycles. The third-order valence-electron chi connectivity index (χ3n) is 4.80. The Balaban J connectivity index is 1.48. The summed E-state index contributed by atoms with van der Waals surface area (Å²) in [5.74, 6) is -0.0612. The first-order chi connectivity index (χ1) is 15.5. The summed E-state index contributed by atoms with van der Waals surface area (Å²) in [6, 6.07) is 23.9. The van der Waals surface area contributed by atoms with Crippen LogP contribution in [0.1, 0.15) is 41.0 Å². The van der Waals surface area contributed by atoms with Crippen LogP contribution in [0.5, 0.6) is 5.75 Å². The van der Waals surface area contributed by atoms with Gasteiger partial charge < -0.3 is 4.74 Å². The van der Waals surface area contributed by atoms with Crippen LogP contribution in [0.4, 0.5) is 0 Å². The molecule has 0 aliphatic heterocycles. The zero-order valence-corrected chi connectivity index (χ0v) is 18.7. The van der Waals surface area contributed by atoms with Crippen LogP contribution < -0.4 is 20.9 Å². The van der Waals surface area contributed by atoms with E-state index in [1.54, 1.807) is 36.4 Å². The fourth-order valence-electron chi connectivity index (χ4n) is 2.84. The maximum Gasteiger partial charge on any atom is 0.269 e. The van der Waals surface area contributed by atoms with Crippen molar-refractivity contribution in [2.75, 3.05) is 0 Å². The number of thiocarbonyl (C=S) groups is 1. The Morgan fingerprint density at radius 2 is 1.38 bits per heavy atom. The van der Waals surface area contributed by atoms with Crippen molar-refractivity contribution < 1.29 is 14.3 Å². The van der Waals surface area contributed by atoms with Gasteiger partial charge in [-0.25, -0.2) is 0 Å². The molecule has 0 saturated heterocycles. The molecule has 3 aromatic carbocycles. The first-order valence-electron chi connectivity index (χ1n) is 10.3. The third-order valence-corrected chi connectivity index (χ3v) is 5.00. The average Bonchev–Trinajstić information content (AvgIpc) is 2.83. The van der Waals surface area contributed by atoms with E-state index in [1.807, 2.05) is 56.3 Å². The molecule has 0 radical (unpaired) electrons. The van der Waals surface area contributed by atoms with Gasteiger partial charge in [-0.2, -0.15) is 0 Å². The molecule has 7 heteroatoms. The molecule has 32 heavy (non-hydrogen) atoms. The lowest BCUT2D eigenvalue weighted by atomic mass is 10.0. The van der Waals surface area contributed by atoms with Crippen LogP contribution in [0.3, 0.4) is 0 Å². The molecule has 1 unspecified atom stereocenters. The fraction of sp³-hybridized carbons (Fsp3) is 0.160. The van der Waals surface area contributed by atoms with Crippen molar-refractivity contribution >= 4 is 29.1 Å². The standard InChI is InChI=1S/C25H25N3O3S/c1-3-17(2)31-22-15-13-20(14-16-22)23(29)26-25(32)28-27-24(30)21-11-9-19(10-12-21)18-7-5-4-6-8-18/h4-17H,3H2,1-2H3,(H,27,30)(H2,26,28,29,32). The predicted octanol–water partition coefficient (Wildman–Crippen LogP) is 4.48. The monoisotopic (exact) mass is 447 g/mol. The van der Waals surface area contributed by atoms with Gasteiger partial charge in [-0.15, -0.1) is 0 Å². The van der Waals surface area contributed by atoms with Gasteiger partial charge in [0.2, 0.25) is 0 Å². The second kappa shape index (κ2) is 11.1. The van der Waals surface area contributed by atoms with Crippen LogP contribution in [-0.2, 0) is 0 Å². The predicted molar refractivity (Wildman–Crippen MR) is 129 cm³/mol. The molecule has 0 heterocycles. The number of carbonyl (C=O) groups excluding carboxylic acids is 2. The minimum absolute atomic E-state index is 0.0100. The highest BCUT2D eigenvalue weighted by atomic mass is 32.1. The highest BCUT2D eigenvalue weighted by molar-refractivity contribution is 7.80. The average molecular weight is 448 g/mol. The molecule has 6 nitrogen and oxygen atoms in total. The van der Waals surface area contributed by atoms with E-state index in [2.05, 4.69) is 16.2 Å². The molecule has 0 fully saturated rings. The van der Waals surface area contributed by atoms with Gasteiger partial charge in [0, 0.05) is 11.1 Å². The highest BCUT2D eigenvalue weighted by Crippen LogP contribution is 2.19. The van der Waals surface area contributed by atoms with Crippen molar-refractivity contribution in [3.05, 3.63) is 90.0 Å². The molecule has 3 N–H and O–H groups in total. The topological polar surface area (TPSA) is 79.5 Å². The van der Waals surface area contributed by atoms with Crippen LogP contribution in [0.15, 0.2) is 78.9 Å². The maximum atomic E-state index is 12.3. The lowest BCUT2D eigenvalue weighted by molar-refractivity contribution is 0.0934. The second-order valence-electron chi connectivity index (χ2n) is 7.17. The lowest BCUT2D eigenvalue weighted by Gasteiger charge is -2.13. The number of amides is 2. The van der Waals surface area contributed by atoms with Gasteiger partial charge in [0.15, 0.2) is 5.11 Å².